The summed E-state index contributed by atoms with van der Waals surface area (Å²) in [4.78, 5) is 36.7. The number of aliphatic hydroxyl groups excluding tert-OH is 1. The largest absolute Gasteiger partial charge is 0.494 e. The van der Waals surface area contributed by atoms with Gasteiger partial charge in [0.1, 0.15) is 12.1 Å². The minimum absolute atomic E-state index is 0.111. The van der Waals surface area contributed by atoms with Gasteiger partial charge in [-0.15, -0.1) is 0 Å². The molecule has 10 nitrogen and oxygen atoms in total. The number of primary amides is 1. The SMILES string of the molecule is CC(C)C[C@H](NC(=O)[C@H](CO)NC(=O)[C@@H](N)Cc1ccc(B2OC(C)(C)C(C)(C)O2)cc1)C(N)=O. The maximum atomic E-state index is 12.6. The molecule has 194 valence electrons. The number of nitrogens with two attached hydrogens (primary N) is 2. The standard InChI is InChI=1S/C24H39BN4O6/c1-14(2)11-18(20(27)31)28-22(33)19(13-30)29-21(32)17(26)12-15-7-9-16(10-8-15)25-34-23(3,4)24(5,6)35-25/h7-10,14,17-19,30H,11-13,26H2,1-6H3,(H2,27,31)(H,28,33)(H,29,32)/t17-,18-,19-/m0/s1. The molecule has 0 saturated carbocycles. The Hall–Kier alpha value is -2.47. The second kappa shape index (κ2) is 11.5. The predicted molar refractivity (Wildman–Crippen MR) is 133 cm³/mol. The summed E-state index contributed by atoms with van der Waals surface area (Å²) in [5, 5.41) is 14.5. The van der Waals surface area contributed by atoms with Crippen LogP contribution < -0.4 is 27.6 Å². The number of rotatable bonds is 11. The molecular formula is C24H39BN4O6. The first-order valence-corrected chi connectivity index (χ1v) is 11.9. The highest BCUT2D eigenvalue weighted by atomic mass is 16.7. The number of hydrogen-bond donors (Lipinski definition) is 5. The Morgan fingerprint density at radius 1 is 0.971 bits per heavy atom. The van der Waals surface area contributed by atoms with Crippen molar-refractivity contribution in [2.75, 3.05) is 6.61 Å². The normalized spacial score (nSPS) is 19.2. The Morgan fingerprint density at radius 3 is 1.94 bits per heavy atom. The van der Waals surface area contributed by atoms with Gasteiger partial charge in [0.25, 0.3) is 0 Å². The third-order valence-electron chi connectivity index (χ3n) is 6.48. The molecule has 3 atom stereocenters. The van der Waals surface area contributed by atoms with E-state index in [0.29, 0.717) is 6.42 Å². The molecule has 3 amide bonds. The number of carbonyl (C=O) groups is 3. The molecule has 1 aliphatic rings. The maximum Gasteiger partial charge on any atom is 0.494 e. The lowest BCUT2D eigenvalue weighted by atomic mass is 9.78. The van der Waals surface area contributed by atoms with Gasteiger partial charge in [-0.3, -0.25) is 14.4 Å². The third kappa shape index (κ3) is 7.51. The highest BCUT2D eigenvalue weighted by Crippen LogP contribution is 2.36. The smallest absolute Gasteiger partial charge is 0.399 e. The summed E-state index contributed by atoms with van der Waals surface area (Å²) >= 11 is 0. The lowest BCUT2D eigenvalue weighted by Crippen LogP contribution is -2.57. The number of aliphatic hydroxyl groups is 1. The van der Waals surface area contributed by atoms with Crippen molar-refractivity contribution in [2.45, 2.75) is 83.7 Å². The van der Waals surface area contributed by atoms with Crippen LogP contribution in [0.25, 0.3) is 0 Å². The fourth-order valence-corrected chi connectivity index (χ4v) is 3.60. The maximum absolute atomic E-state index is 12.6. The van der Waals surface area contributed by atoms with Crippen LogP contribution in [0.5, 0.6) is 0 Å². The number of carbonyl (C=O) groups excluding carboxylic acids is 3. The topological polar surface area (TPSA) is 166 Å². The van der Waals surface area contributed by atoms with Crippen LogP contribution in [0.3, 0.4) is 0 Å². The van der Waals surface area contributed by atoms with Crippen LogP contribution in [0.15, 0.2) is 24.3 Å². The highest BCUT2D eigenvalue weighted by molar-refractivity contribution is 6.62. The van der Waals surface area contributed by atoms with Crippen LogP contribution in [0.4, 0.5) is 0 Å². The summed E-state index contributed by atoms with van der Waals surface area (Å²) in [7, 11) is -0.491. The molecule has 1 fully saturated rings. The van der Waals surface area contributed by atoms with Gasteiger partial charge in [0.05, 0.1) is 23.9 Å². The first-order chi connectivity index (χ1) is 16.2. The van der Waals surface area contributed by atoms with Gasteiger partial charge < -0.3 is 36.5 Å². The Balaban J connectivity index is 1.95. The zero-order chi connectivity index (χ0) is 26.6. The van der Waals surface area contributed by atoms with Crippen molar-refractivity contribution in [1.82, 2.24) is 10.6 Å². The minimum Gasteiger partial charge on any atom is -0.399 e. The second-order valence-corrected chi connectivity index (χ2v) is 10.5. The second-order valence-electron chi connectivity index (χ2n) is 10.5. The quantitative estimate of drug-likeness (QED) is 0.257. The van der Waals surface area contributed by atoms with Gasteiger partial charge in [0.2, 0.25) is 17.7 Å². The number of hydrogen-bond acceptors (Lipinski definition) is 7. The van der Waals surface area contributed by atoms with Crippen LogP contribution >= 0.6 is 0 Å². The molecule has 35 heavy (non-hydrogen) atoms. The highest BCUT2D eigenvalue weighted by Gasteiger charge is 2.51. The number of nitrogens with one attached hydrogen (secondary N) is 2. The molecule has 0 spiro atoms. The van der Waals surface area contributed by atoms with Crippen molar-refractivity contribution in [3.05, 3.63) is 29.8 Å². The Bertz CT molecular complexity index is 890. The van der Waals surface area contributed by atoms with E-state index in [2.05, 4.69) is 10.6 Å². The molecule has 0 radical (unpaired) electrons. The van der Waals surface area contributed by atoms with Crippen molar-refractivity contribution in [3.8, 4) is 0 Å². The lowest BCUT2D eigenvalue weighted by molar-refractivity contribution is -0.132. The fraction of sp³-hybridized carbons (Fsp3) is 0.625. The first kappa shape index (κ1) is 28.8. The van der Waals surface area contributed by atoms with Gasteiger partial charge in [-0.1, -0.05) is 38.1 Å². The first-order valence-electron chi connectivity index (χ1n) is 11.9. The van der Waals surface area contributed by atoms with E-state index in [1.807, 2.05) is 65.8 Å². The van der Waals surface area contributed by atoms with Crippen LogP contribution in [0.1, 0.15) is 53.5 Å². The van der Waals surface area contributed by atoms with E-state index in [9.17, 15) is 19.5 Å². The Morgan fingerprint density at radius 2 is 1.49 bits per heavy atom. The Labute approximate surface area is 207 Å². The third-order valence-corrected chi connectivity index (χ3v) is 6.48. The molecule has 11 heteroatoms. The van der Waals surface area contributed by atoms with Gasteiger partial charge in [-0.25, -0.2) is 0 Å². The van der Waals surface area contributed by atoms with E-state index in [1.165, 1.54) is 0 Å². The molecule has 2 rings (SSSR count). The summed E-state index contributed by atoms with van der Waals surface area (Å²) in [5.74, 6) is -1.88. The predicted octanol–water partition coefficient (Wildman–Crippen LogP) is -0.651. The van der Waals surface area contributed by atoms with E-state index in [0.717, 1.165) is 11.0 Å². The van der Waals surface area contributed by atoms with Crippen LogP contribution in [0.2, 0.25) is 0 Å². The van der Waals surface area contributed by atoms with Crippen LogP contribution in [-0.4, -0.2) is 65.9 Å². The lowest BCUT2D eigenvalue weighted by Gasteiger charge is -2.32. The molecule has 1 aliphatic heterocycles. The van der Waals surface area contributed by atoms with Gasteiger partial charge in [0, 0.05) is 0 Å². The van der Waals surface area contributed by atoms with Gasteiger partial charge in [-0.2, -0.15) is 0 Å². The average Bonchev–Trinajstić information content (AvgIpc) is 2.98. The van der Waals surface area contributed by atoms with Gasteiger partial charge in [0.15, 0.2) is 0 Å². The number of benzene rings is 1. The van der Waals surface area contributed by atoms with E-state index < -0.39 is 60.8 Å². The Kier molecular flexibility index (Phi) is 9.46. The van der Waals surface area contributed by atoms with E-state index in [1.54, 1.807) is 0 Å². The summed E-state index contributed by atoms with van der Waals surface area (Å²) in [6.07, 6.45) is 0.557. The van der Waals surface area contributed by atoms with Crippen LogP contribution in [0, 0.1) is 5.92 Å². The molecule has 1 heterocycles. The summed E-state index contributed by atoms with van der Waals surface area (Å²) in [5.41, 5.74) is 12.2. The molecule has 0 aromatic heterocycles. The zero-order valence-corrected chi connectivity index (χ0v) is 21.5. The molecule has 1 saturated heterocycles. The van der Waals surface area contributed by atoms with Crippen molar-refractivity contribution < 1.29 is 28.8 Å². The average molecular weight is 490 g/mol. The molecule has 7 N–H and O–H groups in total. The van der Waals surface area contributed by atoms with E-state index in [-0.39, 0.29) is 12.3 Å². The summed E-state index contributed by atoms with van der Waals surface area (Å²) < 4.78 is 12.1. The molecule has 1 aromatic rings. The van der Waals surface area contributed by atoms with Crippen LogP contribution in [-0.2, 0) is 30.1 Å². The fourth-order valence-electron chi connectivity index (χ4n) is 3.60. The molecule has 0 aliphatic carbocycles. The number of amides is 3. The van der Waals surface area contributed by atoms with Crippen molar-refractivity contribution in [2.24, 2.45) is 17.4 Å². The van der Waals surface area contributed by atoms with Gasteiger partial charge >= 0.3 is 7.12 Å². The zero-order valence-electron chi connectivity index (χ0n) is 21.5. The van der Waals surface area contributed by atoms with Crippen molar-refractivity contribution >= 4 is 30.3 Å². The molecule has 0 unspecified atom stereocenters. The molecule has 0 bridgehead atoms. The van der Waals surface area contributed by atoms with Crippen molar-refractivity contribution in [1.29, 1.82) is 0 Å². The minimum atomic E-state index is -1.26. The van der Waals surface area contributed by atoms with E-state index >= 15 is 0 Å². The monoisotopic (exact) mass is 490 g/mol. The molecular weight excluding hydrogens is 451 g/mol. The summed E-state index contributed by atoms with van der Waals surface area (Å²) in [6.45, 7) is 11.0. The van der Waals surface area contributed by atoms with Crippen molar-refractivity contribution in [3.63, 3.8) is 0 Å². The van der Waals surface area contributed by atoms with Gasteiger partial charge in [-0.05, 0) is 57.5 Å². The molecule has 1 aromatic carbocycles. The summed E-state index contributed by atoms with van der Waals surface area (Å²) in [6, 6.07) is 4.30. The van der Waals surface area contributed by atoms with E-state index in [4.69, 9.17) is 20.8 Å².